The molecule has 1 aromatic carbocycles. The van der Waals surface area contributed by atoms with E-state index in [2.05, 4.69) is 67.0 Å². The summed E-state index contributed by atoms with van der Waals surface area (Å²) in [4.78, 5) is 4.51. The maximum atomic E-state index is 4.51. The molecule has 0 saturated carbocycles. The number of hydrogen-bond acceptors (Lipinski definition) is 2. The summed E-state index contributed by atoms with van der Waals surface area (Å²) >= 11 is 0. The SMILES string of the molecule is CCNC(Cc1nccn1CC)c1cc(C)ccc1C. The Labute approximate surface area is 122 Å². The van der Waals surface area contributed by atoms with Crippen LogP contribution >= 0.6 is 0 Å². The monoisotopic (exact) mass is 271 g/mol. The summed E-state index contributed by atoms with van der Waals surface area (Å²) in [7, 11) is 0. The molecule has 1 N–H and O–H groups in total. The molecular weight excluding hydrogens is 246 g/mol. The molecule has 0 amide bonds. The summed E-state index contributed by atoms with van der Waals surface area (Å²) in [6.07, 6.45) is 4.88. The van der Waals surface area contributed by atoms with Gasteiger partial charge < -0.3 is 9.88 Å². The first kappa shape index (κ1) is 14.8. The Morgan fingerprint density at radius 3 is 2.75 bits per heavy atom. The predicted octanol–water partition coefficient (Wildman–Crippen LogP) is 3.41. The summed E-state index contributed by atoms with van der Waals surface area (Å²) in [6.45, 7) is 10.6. The van der Waals surface area contributed by atoms with Gasteiger partial charge in [0.15, 0.2) is 0 Å². The standard InChI is InChI=1S/C17H25N3/c1-5-18-16(12-17-19-9-10-20(17)6-2)15-11-13(3)7-8-14(15)4/h7-11,16,18H,5-6,12H2,1-4H3. The van der Waals surface area contributed by atoms with Crippen LogP contribution in [-0.4, -0.2) is 16.1 Å². The van der Waals surface area contributed by atoms with E-state index in [1.54, 1.807) is 0 Å². The van der Waals surface area contributed by atoms with Crippen molar-refractivity contribution in [2.75, 3.05) is 6.54 Å². The number of hydrogen-bond donors (Lipinski definition) is 1. The first-order chi connectivity index (χ1) is 9.65. The highest BCUT2D eigenvalue weighted by Gasteiger charge is 2.16. The molecule has 20 heavy (non-hydrogen) atoms. The van der Waals surface area contributed by atoms with Gasteiger partial charge in [0.25, 0.3) is 0 Å². The first-order valence-electron chi connectivity index (χ1n) is 7.46. The Balaban J connectivity index is 2.29. The van der Waals surface area contributed by atoms with Crippen LogP contribution in [-0.2, 0) is 13.0 Å². The molecule has 0 aliphatic carbocycles. The van der Waals surface area contributed by atoms with E-state index in [1.807, 2.05) is 6.20 Å². The fourth-order valence-corrected chi connectivity index (χ4v) is 2.67. The van der Waals surface area contributed by atoms with Gasteiger partial charge in [-0.2, -0.15) is 0 Å². The molecule has 1 atom stereocenters. The highest BCUT2D eigenvalue weighted by Crippen LogP contribution is 2.22. The van der Waals surface area contributed by atoms with Gasteiger partial charge in [0.1, 0.15) is 5.82 Å². The second-order valence-corrected chi connectivity index (χ2v) is 5.30. The van der Waals surface area contributed by atoms with Crippen LogP contribution in [0.4, 0.5) is 0 Å². The number of rotatable bonds is 6. The van der Waals surface area contributed by atoms with E-state index in [1.165, 1.54) is 16.7 Å². The van der Waals surface area contributed by atoms with Gasteiger partial charge in [0.05, 0.1) is 0 Å². The minimum Gasteiger partial charge on any atom is -0.335 e. The molecule has 0 bridgehead atoms. The number of aryl methyl sites for hydroxylation is 3. The second-order valence-electron chi connectivity index (χ2n) is 5.30. The number of nitrogens with one attached hydrogen (secondary N) is 1. The molecular formula is C17H25N3. The third-order valence-corrected chi connectivity index (χ3v) is 3.79. The molecule has 3 nitrogen and oxygen atoms in total. The molecule has 0 spiro atoms. The summed E-state index contributed by atoms with van der Waals surface area (Å²) in [5.74, 6) is 1.15. The van der Waals surface area contributed by atoms with Crippen LogP contribution in [0, 0.1) is 13.8 Å². The molecule has 2 rings (SSSR count). The van der Waals surface area contributed by atoms with Crippen LogP contribution in [0.25, 0.3) is 0 Å². The Hall–Kier alpha value is -1.61. The highest BCUT2D eigenvalue weighted by molar-refractivity contribution is 5.33. The largest absolute Gasteiger partial charge is 0.335 e. The quantitative estimate of drug-likeness (QED) is 0.872. The highest BCUT2D eigenvalue weighted by atomic mass is 15.1. The summed E-state index contributed by atoms with van der Waals surface area (Å²) in [5, 5.41) is 3.60. The zero-order valence-electron chi connectivity index (χ0n) is 13.0. The first-order valence-corrected chi connectivity index (χ1v) is 7.46. The van der Waals surface area contributed by atoms with Gasteiger partial charge in [-0.3, -0.25) is 0 Å². The molecule has 0 aliphatic rings. The van der Waals surface area contributed by atoms with Crippen molar-refractivity contribution in [3.05, 3.63) is 53.1 Å². The van der Waals surface area contributed by atoms with Crippen LogP contribution in [0.15, 0.2) is 30.6 Å². The van der Waals surface area contributed by atoms with E-state index in [0.717, 1.165) is 25.3 Å². The Kier molecular flexibility index (Phi) is 4.96. The lowest BCUT2D eigenvalue weighted by molar-refractivity contribution is 0.520. The average Bonchev–Trinajstić information content (AvgIpc) is 2.88. The number of nitrogens with zero attached hydrogens (tertiary/aromatic N) is 2. The van der Waals surface area contributed by atoms with E-state index in [9.17, 15) is 0 Å². The van der Waals surface area contributed by atoms with Crippen LogP contribution in [0.1, 0.15) is 42.4 Å². The zero-order valence-corrected chi connectivity index (χ0v) is 13.0. The van der Waals surface area contributed by atoms with Crippen LogP contribution in [0.5, 0.6) is 0 Å². The molecule has 0 aliphatic heterocycles. The number of likely N-dealkylation sites (N-methyl/N-ethyl adjacent to an activating group) is 1. The lowest BCUT2D eigenvalue weighted by Crippen LogP contribution is -2.25. The van der Waals surface area contributed by atoms with Crippen molar-refractivity contribution < 1.29 is 0 Å². The Bertz CT molecular complexity index is 557. The van der Waals surface area contributed by atoms with Gasteiger partial charge in [0, 0.05) is 31.4 Å². The van der Waals surface area contributed by atoms with Gasteiger partial charge in [-0.1, -0.05) is 30.7 Å². The van der Waals surface area contributed by atoms with E-state index in [0.29, 0.717) is 6.04 Å². The van der Waals surface area contributed by atoms with Crippen molar-refractivity contribution in [3.8, 4) is 0 Å². The van der Waals surface area contributed by atoms with Crippen LogP contribution in [0.2, 0.25) is 0 Å². The Morgan fingerprint density at radius 1 is 1.25 bits per heavy atom. The van der Waals surface area contributed by atoms with Crippen molar-refractivity contribution in [3.63, 3.8) is 0 Å². The average molecular weight is 271 g/mol. The van der Waals surface area contributed by atoms with Crippen molar-refractivity contribution in [2.45, 2.75) is 46.7 Å². The molecule has 1 unspecified atom stereocenters. The molecule has 2 aromatic rings. The molecule has 0 radical (unpaired) electrons. The summed E-state index contributed by atoms with van der Waals surface area (Å²) in [6, 6.07) is 7.01. The van der Waals surface area contributed by atoms with Gasteiger partial charge >= 0.3 is 0 Å². The van der Waals surface area contributed by atoms with E-state index in [4.69, 9.17) is 0 Å². The van der Waals surface area contributed by atoms with Crippen molar-refractivity contribution in [1.82, 2.24) is 14.9 Å². The van der Waals surface area contributed by atoms with E-state index >= 15 is 0 Å². The molecule has 0 saturated heterocycles. The third-order valence-electron chi connectivity index (χ3n) is 3.79. The fourth-order valence-electron chi connectivity index (χ4n) is 2.67. The third kappa shape index (κ3) is 3.28. The molecule has 0 fully saturated rings. The van der Waals surface area contributed by atoms with Crippen molar-refractivity contribution >= 4 is 0 Å². The minimum absolute atomic E-state index is 0.326. The van der Waals surface area contributed by atoms with Crippen LogP contribution in [0.3, 0.4) is 0 Å². The molecule has 3 heteroatoms. The van der Waals surface area contributed by atoms with Gasteiger partial charge in [-0.25, -0.2) is 4.98 Å². The molecule has 108 valence electrons. The second kappa shape index (κ2) is 6.71. The van der Waals surface area contributed by atoms with Gasteiger partial charge in [0.2, 0.25) is 0 Å². The lowest BCUT2D eigenvalue weighted by atomic mass is 9.96. The normalized spacial score (nSPS) is 12.6. The summed E-state index contributed by atoms with van der Waals surface area (Å²) < 4.78 is 2.22. The van der Waals surface area contributed by atoms with Gasteiger partial charge in [-0.15, -0.1) is 0 Å². The number of benzene rings is 1. The molecule has 1 aromatic heterocycles. The van der Waals surface area contributed by atoms with Crippen molar-refractivity contribution in [1.29, 1.82) is 0 Å². The van der Waals surface area contributed by atoms with Crippen LogP contribution < -0.4 is 5.32 Å². The van der Waals surface area contributed by atoms with Crippen molar-refractivity contribution in [2.24, 2.45) is 0 Å². The topological polar surface area (TPSA) is 29.9 Å². The predicted molar refractivity (Wildman–Crippen MR) is 83.9 cm³/mol. The Morgan fingerprint density at radius 2 is 2.05 bits per heavy atom. The minimum atomic E-state index is 0.326. The smallest absolute Gasteiger partial charge is 0.110 e. The lowest BCUT2D eigenvalue weighted by Gasteiger charge is -2.21. The maximum absolute atomic E-state index is 4.51. The number of aromatic nitrogens is 2. The van der Waals surface area contributed by atoms with Gasteiger partial charge in [-0.05, 0) is 38.4 Å². The summed E-state index contributed by atoms with van der Waals surface area (Å²) in [5.41, 5.74) is 4.04. The zero-order chi connectivity index (χ0) is 14.5. The maximum Gasteiger partial charge on any atom is 0.110 e. The van der Waals surface area contributed by atoms with E-state index in [-0.39, 0.29) is 0 Å². The fraction of sp³-hybridized carbons (Fsp3) is 0.471. The van der Waals surface area contributed by atoms with E-state index < -0.39 is 0 Å². The number of imidazole rings is 1. The molecule has 1 heterocycles.